The highest BCUT2D eigenvalue weighted by molar-refractivity contribution is 5.81. The lowest BCUT2D eigenvalue weighted by Gasteiger charge is -2.24. The number of aromatic hydroxyl groups is 1. The Morgan fingerprint density at radius 2 is 2.05 bits per heavy atom. The molecule has 0 heterocycles. The number of aliphatic imine (C=N–C) groups is 1. The van der Waals surface area contributed by atoms with E-state index in [1.807, 2.05) is 18.3 Å². The molecule has 0 saturated heterocycles. The molecule has 0 aliphatic heterocycles. The minimum absolute atomic E-state index is 0.167. The molecule has 3 nitrogen and oxygen atoms in total. The molecule has 1 aliphatic rings. The van der Waals surface area contributed by atoms with Gasteiger partial charge in [0.2, 0.25) is 0 Å². The van der Waals surface area contributed by atoms with E-state index in [1.54, 1.807) is 13.2 Å². The van der Waals surface area contributed by atoms with Gasteiger partial charge in [-0.15, -0.1) is 0 Å². The number of hydrogen-bond donors (Lipinski definition) is 1. The molecule has 0 unspecified atom stereocenters. The number of phenols is 1. The highest BCUT2D eigenvalue weighted by Gasteiger charge is 2.18. The van der Waals surface area contributed by atoms with Crippen LogP contribution in [0.5, 0.6) is 11.5 Å². The maximum absolute atomic E-state index is 9.55. The van der Waals surface area contributed by atoms with Crippen molar-refractivity contribution in [1.82, 2.24) is 0 Å². The lowest BCUT2D eigenvalue weighted by Crippen LogP contribution is -2.18. The molecule has 1 fully saturated rings. The van der Waals surface area contributed by atoms with Crippen molar-refractivity contribution < 1.29 is 9.84 Å². The van der Waals surface area contributed by atoms with Crippen LogP contribution in [0.25, 0.3) is 0 Å². The van der Waals surface area contributed by atoms with E-state index < -0.39 is 0 Å². The molecule has 0 aromatic heterocycles. The Bertz CT molecular complexity index is 436. The SMILES string of the molecule is COc1cc(C=N[C@@H](C)C2CCCCC2)ccc1O. The fourth-order valence-electron chi connectivity index (χ4n) is 2.72. The lowest BCUT2D eigenvalue weighted by molar-refractivity contribution is 0.318. The first-order valence-electron chi connectivity index (χ1n) is 7.11. The fourth-order valence-corrected chi connectivity index (χ4v) is 2.72. The Morgan fingerprint density at radius 1 is 1.32 bits per heavy atom. The van der Waals surface area contributed by atoms with Crippen LogP contribution >= 0.6 is 0 Å². The average Bonchev–Trinajstić information content (AvgIpc) is 2.47. The second-order valence-corrected chi connectivity index (χ2v) is 5.35. The number of methoxy groups -OCH3 is 1. The van der Waals surface area contributed by atoms with Gasteiger partial charge in [0.25, 0.3) is 0 Å². The molecule has 1 saturated carbocycles. The summed E-state index contributed by atoms with van der Waals surface area (Å²) >= 11 is 0. The van der Waals surface area contributed by atoms with Gasteiger partial charge in [-0.2, -0.15) is 0 Å². The van der Waals surface area contributed by atoms with E-state index in [4.69, 9.17) is 4.74 Å². The van der Waals surface area contributed by atoms with E-state index in [0.717, 1.165) is 11.5 Å². The van der Waals surface area contributed by atoms with E-state index in [-0.39, 0.29) is 5.75 Å². The maximum atomic E-state index is 9.55. The van der Waals surface area contributed by atoms with Gasteiger partial charge in [0.15, 0.2) is 11.5 Å². The van der Waals surface area contributed by atoms with Crippen LogP contribution in [0.1, 0.15) is 44.6 Å². The Morgan fingerprint density at radius 3 is 2.74 bits per heavy atom. The minimum Gasteiger partial charge on any atom is -0.504 e. The van der Waals surface area contributed by atoms with Gasteiger partial charge in [-0.05, 0) is 49.4 Å². The van der Waals surface area contributed by atoms with Crippen LogP contribution in [0.4, 0.5) is 0 Å². The molecule has 1 N–H and O–H groups in total. The Kier molecular flexibility index (Phi) is 4.83. The molecule has 0 amide bonds. The number of phenolic OH excluding ortho intramolecular Hbond substituents is 1. The third kappa shape index (κ3) is 3.72. The van der Waals surface area contributed by atoms with Crippen molar-refractivity contribution in [3.05, 3.63) is 23.8 Å². The van der Waals surface area contributed by atoms with E-state index >= 15 is 0 Å². The normalized spacial score (nSPS) is 18.6. The van der Waals surface area contributed by atoms with E-state index in [1.165, 1.54) is 32.1 Å². The standard InChI is InChI=1S/C16H23NO2/c1-12(14-6-4-3-5-7-14)17-11-13-8-9-15(18)16(10-13)19-2/h8-12,14,18H,3-7H2,1-2H3/t12-/m0/s1. The van der Waals surface area contributed by atoms with Gasteiger partial charge >= 0.3 is 0 Å². The molecule has 0 bridgehead atoms. The summed E-state index contributed by atoms with van der Waals surface area (Å²) in [5, 5.41) is 9.55. The predicted octanol–water partition coefficient (Wildman–Crippen LogP) is 3.79. The van der Waals surface area contributed by atoms with Crippen LogP contribution < -0.4 is 4.74 Å². The summed E-state index contributed by atoms with van der Waals surface area (Å²) in [6, 6.07) is 5.69. The van der Waals surface area contributed by atoms with Crippen LogP contribution in [0, 0.1) is 5.92 Å². The summed E-state index contributed by atoms with van der Waals surface area (Å²) in [6.07, 6.45) is 8.56. The highest BCUT2D eigenvalue weighted by Crippen LogP contribution is 2.28. The van der Waals surface area contributed by atoms with Crippen molar-refractivity contribution in [3.8, 4) is 11.5 Å². The van der Waals surface area contributed by atoms with E-state index in [9.17, 15) is 5.11 Å². The van der Waals surface area contributed by atoms with Crippen LogP contribution in [-0.2, 0) is 0 Å². The van der Waals surface area contributed by atoms with Gasteiger partial charge in [0, 0.05) is 12.3 Å². The average molecular weight is 261 g/mol. The zero-order valence-corrected chi connectivity index (χ0v) is 11.8. The van der Waals surface area contributed by atoms with Crippen molar-refractivity contribution >= 4 is 6.21 Å². The van der Waals surface area contributed by atoms with Crippen molar-refractivity contribution in [2.45, 2.75) is 45.1 Å². The fraction of sp³-hybridized carbons (Fsp3) is 0.562. The van der Waals surface area contributed by atoms with Gasteiger partial charge in [-0.25, -0.2) is 0 Å². The zero-order valence-electron chi connectivity index (χ0n) is 11.8. The quantitative estimate of drug-likeness (QED) is 0.838. The number of hydrogen-bond acceptors (Lipinski definition) is 3. The van der Waals surface area contributed by atoms with Crippen LogP contribution in [-0.4, -0.2) is 24.5 Å². The second-order valence-electron chi connectivity index (χ2n) is 5.35. The predicted molar refractivity (Wildman–Crippen MR) is 78.3 cm³/mol. The lowest BCUT2D eigenvalue weighted by atomic mass is 9.85. The van der Waals surface area contributed by atoms with Crippen molar-refractivity contribution in [2.75, 3.05) is 7.11 Å². The molecule has 19 heavy (non-hydrogen) atoms. The monoisotopic (exact) mass is 261 g/mol. The van der Waals surface area contributed by atoms with Gasteiger partial charge in [-0.3, -0.25) is 4.99 Å². The second kappa shape index (κ2) is 6.60. The van der Waals surface area contributed by atoms with Crippen LogP contribution in [0.2, 0.25) is 0 Å². The third-order valence-electron chi connectivity index (χ3n) is 3.99. The highest BCUT2D eigenvalue weighted by atomic mass is 16.5. The summed E-state index contributed by atoms with van der Waals surface area (Å²) in [5.41, 5.74) is 0.970. The van der Waals surface area contributed by atoms with Crippen molar-refractivity contribution in [3.63, 3.8) is 0 Å². The summed E-state index contributed by atoms with van der Waals surface area (Å²) in [6.45, 7) is 2.20. The molecule has 1 aliphatic carbocycles. The van der Waals surface area contributed by atoms with Crippen molar-refractivity contribution in [1.29, 1.82) is 0 Å². The first kappa shape index (κ1) is 13.9. The molecule has 1 aromatic rings. The molecule has 104 valence electrons. The molecular formula is C16H23NO2. The first-order chi connectivity index (χ1) is 9.20. The third-order valence-corrected chi connectivity index (χ3v) is 3.99. The summed E-state index contributed by atoms with van der Waals surface area (Å²) in [4.78, 5) is 4.66. The number of benzene rings is 1. The topological polar surface area (TPSA) is 41.8 Å². The molecule has 2 rings (SSSR count). The summed E-state index contributed by atoms with van der Waals surface area (Å²) < 4.78 is 5.10. The van der Waals surface area contributed by atoms with Gasteiger partial charge in [0.05, 0.1) is 7.11 Å². The molecular weight excluding hydrogens is 238 g/mol. The van der Waals surface area contributed by atoms with Crippen LogP contribution in [0.15, 0.2) is 23.2 Å². The van der Waals surface area contributed by atoms with Gasteiger partial charge < -0.3 is 9.84 Å². The smallest absolute Gasteiger partial charge is 0.161 e. The first-order valence-corrected chi connectivity index (χ1v) is 7.11. The Balaban J connectivity index is 2.01. The number of rotatable bonds is 4. The molecule has 1 aromatic carbocycles. The number of ether oxygens (including phenoxy) is 1. The van der Waals surface area contributed by atoms with Gasteiger partial charge in [-0.1, -0.05) is 19.3 Å². The minimum atomic E-state index is 0.167. The molecule has 3 heteroatoms. The molecule has 0 radical (unpaired) electrons. The maximum Gasteiger partial charge on any atom is 0.161 e. The van der Waals surface area contributed by atoms with Gasteiger partial charge in [0.1, 0.15) is 0 Å². The largest absolute Gasteiger partial charge is 0.504 e. The van der Waals surface area contributed by atoms with Crippen molar-refractivity contribution in [2.24, 2.45) is 10.9 Å². The zero-order chi connectivity index (χ0) is 13.7. The number of nitrogens with zero attached hydrogens (tertiary/aromatic N) is 1. The molecule has 0 spiro atoms. The van der Waals surface area contributed by atoms with E-state index in [2.05, 4.69) is 11.9 Å². The summed E-state index contributed by atoms with van der Waals surface area (Å²) in [5.74, 6) is 1.39. The van der Waals surface area contributed by atoms with Crippen LogP contribution in [0.3, 0.4) is 0 Å². The Hall–Kier alpha value is -1.51. The summed E-state index contributed by atoms with van der Waals surface area (Å²) in [7, 11) is 1.56. The van der Waals surface area contributed by atoms with E-state index in [0.29, 0.717) is 11.8 Å². The Labute approximate surface area is 115 Å². The molecule has 1 atom stereocenters.